The lowest BCUT2D eigenvalue weighted by atomic mass is 9.87. The van der Waals surface area contributed by atoms with Crippen molar-refractivity contribution < 1.29 is 12.8 Å². The molecule has 0 bridgehead atoms. The lowest BCUT2D eigenvalue weighted by molar-refractivity contribution is 0.502. The topological polar surface area (TPSA) is 76.3 Å². The van der Waals surface area contributed by atoms with Crippen molar-refractivity contribution in [2.75, 3.05) is 14.1 Å². The van der Waals surface area contributed by atoms with E-state index in [0.717, 1.165) is 5.57 Å². The Hall–Kier alpha value is -1.99. The first-order chi connectivity index (χ1) is 11.0. The third-order valence-electron chi connectivity index (χ3n) is 3.82. The van der Waals surface area contributed by atoms with E-state index < -0.39 is 10.0 Å². The molecule has 0 amide bonds. The summed E-state index contributed by atoms with van der Waals surface area (Å²) in [5.41, 5.74) is 1.69. The molecule has 1 aromatic heterocycles. The summed E-state index contributed by atoms with van der Waals surface area (Å²) in [7, 11) is -0.522. The molecule has 7 heteroatoms. The molecule has 0 unspecified atom stereocenters. The van der Waals surface area contributed by atoms with Crippen molar-refractivity contribution in [2.24, 2.45) is 5.41 Å². The number of nitrogens with zero attached hydrogens (tertiary/aromatic N) is 3. The Labute approximate surface area is 143 Å². The molecule has 2 aromatic rings. The van der Waals surface area contributed by atoms with E-state index >= 15 is 0 Å². The lowest BCUT2D eigenvalue weighted by Crippen LogP contribution is -2.22. The minimum absolute atomic E-state index is 0.00827. The summed E-state index contributed by atoms with van der Waals surface area (Å²) >= 11 is 0. The third kappa shape index (κ3) is 3.91. The minimum atomic E-state index is -3.51. The highest BCUT2D eigenvalue weighted by Gasteiger charge is 2.19. The van der Waals surface area contributed by atoms with Gasteiger partial charge in [0.15, 0.2) is 0 Å². The van der Waals surface area contributed by atoms with Gasteiger partial charge in [0.05, 0.1) is 4.90 Å². The van der Waals surface area contributed by atoms with E-state index in [1.807, 2.05) is 13.0 Å². The van der Waals surface area contributed by atoms with Gasteiger partial charge in [-0.05, 0) is 30.5 Å². The maximum atomic E-state index is 12.2. The van der Waals surface area contributed by atoms with Gasteiger partial charge in [-0.25, -0.2) is 12.7 Å². The van der Waals surface area contributed by atoms with E-state index in [1.165, 1.54) is 24.5 Å². The van der Waals surface area contributed by atoms with Gasteiger partial charge in [0.2, 0.25) is 21.8 Å². The molecule has 0 N–H and O–H groups in total. The van der Waals surface area contributed by atoms with Gasteiger partial charge < -0.3 is 4.42 Å². The molecule has 24 heavy (non-hydrogen) atoms. The predicted octanol–water partition coefficient (Wildman–Crippen LogP) is 3.44. The van der Waals surface area contributed by atoms with Crippen LogP contribution in [0, 0.1) is 5.41 Å². The van der Waals surface area contributed by atoms with Crippen LogP contribution in [0.1, 0.15) is 33.6 Å². The van der Waals surface area contributed by atoms with E-state index in [9.17, 15) is 8.42 Å². The molecule has 0 radical (unpaired) electrons. The van der Waals surface area contributed by atoms with Crippen LogP contribution in [-0.4, -0.2) is 37.0 Å². The Kier molecular flexibility index (Phi) is 4.96. The number of benzene rings is 1. The molecule has 0 saturated carbocycles. The highest BCUT2D eigenvalue weighted by Crippen LogP contribution is 2.27. The standard InChI is InChI=1S/C17H23N3O3S/c1-12(17(2,3)4)10-15-18-19-16(23-15)13-8-7-9-14(11-13)24(21,22)20(5)6/h7-11H,1-6H3/b12-10+. The summed E-state index contributed by atoms with van der Waals surface area (Å²) in [4.78, 5) is 0.186. The summed E-state index contributed by atoms with van der Waals surface area (Å²) in [6.45, 7) is 8.32. The molecule has 0 saturated heterocycles. The van der Waals surface area contributed by atoms with Crippen molar-refractivity contribution in [3.05, 3.63) is 35.7 Å². The number of rotatable bonds is 4. The molecular weight excluding hydrogens is 326 g/mol. The van der Waals surface area contributed by atoms with Crippen molar-refractivity contribution in [3.8, 4) is 11.5 Å². The molecule has 2 rings (SSSR count). The summed E-state index contributed by atoms with van der Waals surface area (Å²) in [5, 5.41) is 8.04. The van der Waals surface area contributed by atoms with Gasteiger partial charge in [-0.15, -0.1) is 10.2 Å². The first-order valence-electron chi connectivity index (χ1n) is 7.57. The van der Waals surface area contributed by atoms with Crippen LogP contribution in [0.15, 0.2) is 39.2 Å². The smallest absolute Gasteiger partial charge is 0.248 e. The molecular formula is C17H23N3O3S. The highest BCUT2D eigenvalue weighted by atomic mass is 32.2. The molecule has 130 valence electrons. The van der Waals surface area contributed by atoms with E-state index in [-0.39, 0.29) is 10.3 Å². The van der Waals surface area contributed by atoms with Crippen molar-refractivity contribution >= 4 is 16.1 Å². The molecule has 0 spiro atoms. The molecule has 1 aromatic carbocycles. The largest absolute Gasteiger partial charge is 0.417 e. The van der Waals surface area contributed by atoms with Gasteiger partial charge in [0.25, 0.3) is 0 Å². The highest BCUT2D eigenvalue weighted by molar-refractivity contribution is 7.89. The molecule has 0 atom stereocenters. The fraction of sp³-hybridized carbons (Fsp3) is 0.412. The molecule has 0 aliphatic heterocycles. The fourth-order valence-corrected chi connectivity index (χ4v) is 2.76. The average molecular weight is 349 g/mol. The van der Waals surface area contributed by atoms with Crippen LogP contribution in [-0.2, 0) is 10.0 Å². The van der Waals surface area contributed by atoms with Gasteiger partial charge >= 0.3 is 0 Å². The van der Waals surface area contributed by atoms with Crippen LogP contribution in [0.4, 0.5) is 0 Å². The van der Waals surface area contributed by atoms with Crippen LogP contribution in [0.5, 0.6) is 0 Å². The minimum Gasteiger partial charge on any atom is -0.417 e. The zero-order valence-electron chi connectivity index (χ0n) is 14.9. The molecule has 0 aliphatic carbocycles. The Morgan fingerprint density at radius 2 is 1.88 bits per heavy atom. The van der Waals surface area contributed by atoms with E-state index in [4.69, 9.17) is 4.42 Å². The normalized spacial score (nSPS) is 13.5. The number of aromatic nitrogens is 2. The van der Waals surface area contributed by atoms with Crippen LogP contribution >= 0.6 is 0 Å². The first-order valence-corrected chi connectivity index (χ1v) is 9.01. The zero-order valence-corrected chi connectivity index (χ0v) is 15.7. The van der Waals surface area contributed by atoms with Crippen molar-refractivity contribution in [1.29, 1.82) is 0 Å². The van der Waals surface area contributed by atoms with Crippen molar-refractivity contribution in [3.63, 3.8) is 0 Å². The monoisotopic (exact) mass is 349 g/mol. The quantitative estimate of drug-likeness (QED) is 0.845. The summed E-state index contributed by atoms with van der Waals surface area (Å²) in [6.07, 6.45) is 1.84. The Bertz CT molecular complexity index is 859. The van der Waals surface area contributed by atoms with E-state index in [1.54, 1.807) is 18.2 Å². The maximum absolute atomic E-state index is 12.2. The number of allylic oxidation sites excluding steroid dienone is 1. The zero-order chi connectivity index (χ0) is 18.1. The number of hydrogen-bond donors (Lipinski definition) is 0. The van der Waals surface area contributed by atoms with Gasteiger partial charge in [-0.3, -0.25) is 0 Å². The second-order valence-electron chi connectivity index (χ2n) is 6.84. The second-order valence-corrected chi connectivity index (χ2v) is 8.99. The maximum Gasteiger partial charge on any atom is 0.248 e. The number of sulfonamides is 1. The van der Waals surface area contributed by atoms with Gasteiger partial charge in [-0.1, -0.05) is 32.4 Å². The lowest BCUT2D eigenvalue weighted by Gasteiger charge is -2.18. The van der Waals surface area contributed by atoms with Crippen LogP contribution in [0.2, 0.25) is 0 Å². The molecule has 6 nitrogen and oxygen atoms in total. The Balaban J connectivity index is 2.39. The van der Waals surface area contributed by atoms with Crippen molar-refractivity contribution in [2.45, 2.75) is 32.6 Å². The number of hydrogen-bond acceptors (Lipinski definition) is 5. The molecule has 0 fully saturated rings. The average Bonchev–Trinajstić information content (AvgIpc) is 2.94. The predicted molar refractivity (Wildman–Crippen MR) is 93.7 cm³/mol. The van der Waals surface area contributed by atoms with E-state index in [0.29, 0.717) is 17.3 Å². The van der Waals surface area contributed by atoms with E-state index in [2.05, 4.69) is 31.0 Å². The Morgan fingerprint density at radius 3 is 2.46 bits per heavy atom. The second kappa shape index (κ2) is 6.49. The molecule has 0 aliphatic rings. The van der Waals surface area contributed by atoms with Crippen LogP contribution in [0.25, 0.3) is 17.5 Å². The van der Waals surface area contributed by atoms with Gasteiger partial charge in [0.1, 0.15) is 0 Å². The molecule has 1 heterocycles. The summed E-state index contributed by atoms with van der Waals surface area (Å²) in [5.74, 6) is 0.692. The summed E-state index contributed by atoms with van der Waals surface area (Å²) < 4.78 is 31.3. The third-order valence-corrected chi connectivity index (χ3v) is 5.63. The fourth-order valence-electron chi connectivity index (χ4n) is 1.81. The van der Waals surface area contributed by atoms with Crippen LogP contribution in [0.3, 0.4) is 0 Å². The summed E-state index contributed by atoms with van der Waals surface area (Å²) in [6, 6.07) is 6.48. The van der Waals surface area contributed by atoms with Gasteiger partial charge in [0, 0.05) is 25.7 Å². The first kappa shape index (κ1) is 18.4. The SMILES string of the molecule is C/C(=C\c1nnc(-c2cccc(S(=O)(=O)N(C)C)c2)o1)C(C)(C)C. The van der Waals surface area contributed by atoms with Crippen molar-refractivity contribution in [1.82, 2.24) is 14.5 Å². The Morgan fingerprint density at radius 1 is 1.21 bits per heavy atom. The van der Waals surface area contributed by atoms with Gasteiger partial charge in [-0.2, -0.15) is 0 Å². The van der Waals surface area contributed by atoms with Crippen LogP contribution < -0.4 is 0 Å².